The van der Waals surface area contributed by atoms with Crippen LogP contribution < -0.4 is 0 Å². The summed E-state index contributed by atoms with van der Waals surface area (Å²) in [6, 6.07) is 13.9. The highest BCUT2D eigenvalue weighted by atomic mass is 16.5. The molecule has 5 heteroatoms. The van der Waals surface area contributed by atoms with Gasteiger partial charge < -0.3 is 9.47 Å². The van der Waals surface area contributed by atoms with Gasteiger partial charge in [0.05, 0.1) is 25.3 Å². The molecule has 0 saturated carbocycles. The molecular formula is C21H23NO4. The number of ether oxygens (including phenoxy) is 2. The molecule has 0 amide bonds. The summed E-state index contributed by atoms with van der Waals surface area (Å²) in [5, 5.41) is 0. The maximum Gasteiger partial charge on any atom is 0.339 e. The molecule has 5 nitrogen and oxygen atoms in total. The van der Waals surface area contributed by atoms with Crippen molar-refractivity contribution in [2.75, 3.05) is 27.3 Å². The first-order chi connectivity index (χ1) is 12.6. The fourth-order valence-corrected chi connectivity index (χ4v) is 3.49. The highest BCUT2D eigenvalue weighted by molar-refractivity contribution is 6.04. The minimum Gasteiger partial charge on any atom is -0.465 e. The van der Waals surface area contributed by atoms with Crippen molar-refractivity contribution >= 4 is 11.9 Å². The first-order valence-corrected chi connectivity index (χ1v) is 8.71. The lowest BCUT2D eigenvalue weighted by atomic mass is 9.93. The zero-order valence-electron chi connectivity index (χ0n) is 15.2. The number of carbonyl (C=O) groups is 2. The summed E-state index contributed by atoms with van der Waals surface area (Å²) < 4.78 is 9.78. The quantitative estimate of drug-likeness (QED) is 0.791. The number of hydrogen-bond acceptors (Lipinski definition) is 5. The number of fused-ring (bicyclic) bond motifs is 1. The summed E-state index contributed by atoms with van der Waals surface area (Å²) in [5.74, 6) is -1.00. The fourth-order valence-electron chi connectivity index (χ4n) is 3.49. The Bertz CT molecular complexity index is 801. The topological polar surface area (TPSA) is 55.8 Å². The molecule has 0 fully saturated rings. The molecule has 0 atom stereocenters. The SMILES string of the molecule is COC(=O)c1ccc2c(c1C(=O)OC)CCN(Cc1ccccc1)CC2. The number of esters is 2. The van der Waals surface area contributed by atoms with Crippen LogP contribution in [0.3, 0.4) is 0 Å². The van der Waals surface area contributed by atoms with Crippen molar-refractivity contribution < 1.29 is 19.1 Å². The summed E-state index contributed by atoms with van der Waals surface area (Å²) in [4.78, 5) is 26.8. The molecule has 1 aliphatic rings. The van der Waals surface area contributed by atoms with E-state index in [1.807, 2.05) is 24.3 Å². The van der Waals surface area contributed by atoms with E-state index >= 15 is 0 Å². The molecule has 3 rings (SSSR count). The Morgan fingerprint density at radius 2 is 1.62 bits per heavy atom. The van der Waals surface area contributed by atoms with Crippen LogP contribution in [0, 0.1) is 0 Å². The Labute approximate surface area is 153 Å². The largest absolute Gasteiger partial charge is 0.465 e. The Hall–Kier alpha value is -2.66. The normalized spacial score (nSPS) is 14.2. The van der Waals surface area contributed by atoms with E-state index in [1.165, 1.54) is 19.8 Å². The van der Waals surface area contributed by atoms with Gasteiger partial charge in [0.15, 0.2) is 0 Å². The van der Waals surface area contributed by atoms with Crippen LogP contribution in [0.5, 0.6) is 0 Å². The molecule has 0 aliphatic carbocycles. The van der Waals surface area contributed by atoms with Crippen molar-refractivity contribution in [1.29, 1.82) is 0 Å². The van der Waals surface area contributed by atoms with Crippen molar-refractivity contribution in [3.8, 4) is 0 Å². The van der Waals surface area contributed by atoms with Crippen molar-refractivity contribution in [2.24, 2.45) is 0 Å². The first kappa shape index (κ1) is 18.1. The lowest BCUT2D eigenvalue weighted by Crippen LogP contribution is -2.26. The number of carbonyl (C=O) groups excluding carboxylic acids is 2. The van der Waals surface area contributed by atoms with Crippen LogP contribution in [0.2, 0.25) is 0 Å². The van der Waals surface area contributed by atoms with Gasteiger partial charge in [-0.15, -0.1) is 0 Å². The zero-order chi connectivity index (χ0) is 18.5. The number of methoxy groups -OCH3 is 2. The van der Waals surface area contributed by atoms with Gasteiger partial charge in [0.1, 0.15) is 0 Å². The van der Waals surface area contributed by atoms with Crippen molar-refractivity contribution in [3.05, 3.63) is 70.3 Å². The number of hydrogen-bond donors (Lipinski definition) is 0. The second-order valence-electron chi connectivity index (χ2n) is 6.37. The Morgan fingerprint density at radius 3 is 2.31 bits per heavy atom. The van der Waals surface area contributed by atoms with Gasteiger partial charge in [-0.2, -0.15) is 0 Å². The van der Waals surface area contributed by atoms with E-state index in [4.69, 9.17) is 9.47 Å². The first-order valence-electron chi connectivity index (χ1n) is 8.71. The van der Waals surface area contributed by atoms with Crippen LogP contribution >= 0.6 is 0 Å². The highest BCUT2D eigenvalue weighted by Crippen LogP contribution is 2.25. The molecule has 2 aromatic carbocycles. The molecule has 26 heavy (non-hydrogen) atoms. The summed E-state index contributed by atoms with van der Waals surface area (Å²) in [7, 11) is 2.65. The van der Waals surface area contributed by atoms with E-state index in [1.54, 1.807) is 6.07 Å². The average Bonchev–Trinajstić information content (AvgIpc) is 2.89. The molecule has 0 spiro atoms. The third-order valence-corrected chi connectivity index (χ3v) is 4.83. The van der Waals surface area contributed by atoms with Crippen LogP contribution in [0.4, 0.5) is 0 Å². The Kier molecular flexibility index (Phi) is 5.68. The molecular weight excluding hydrogens is 330 g/mol. The summed E-state index contributed by atoms with van der Waals surface area (Å²) >= 11 is 0. The maximum atomic E-state index is 12.4. The van der Waals surface area contributed by atoms with Crippen LogP contribution in [0.1, 0.15) is 37.4 Å². The van der Waals surface area contributed by atoms with E-state index < -0.39 is 11.9 Å². The summed E-state index contributed by atoms with van der Waals surface area (Å²) in [6.07, 6.45) is 1.52. The van der Waals surface area contributed by atoms with E-state index in [0.29, 0.717) is 12.0 Å². The van der Waals surface area contributed by atoms with Gasteiger partial charge in [-0.3, -0.25) is 4.90 Å². The van der Waals surface area contributed by atoms with Crippen molar-refractivity contribution in [2.45, 2.75) is 19.4 Å². The van der Waals surface area contributed by atoms with Gasteiger partial charge in [0, 0.05) is 19.6 Å². The van der Waals surface area contributed by atoms with E-state index in [0.717, 1.165) is 37.2 Å². The average molecular weight is 353 g/mol. The monoisotopic (exact) mass is 353 g/mol. The van der Waals surface area contributed by atoms with Crippen molar-refractivity contribution in [1.82, 2.24) is 4.90 Å². The standard InChI is InChI=1S/C21H23NO4/c1-25-20(23)18-9-8-16-10-12-22(14-15-6-4-3-5-7-15)13-11-17(16)19(18)21(24)26-2/h3-9H,10-14H2,1-2H3. The molecule has 0 bridgehead atoms. The predicted octanol–water partition coefficient (Wildman–Crippen LogP) is 2.86. The minimum absolute atomic E-state index is 0.273. The smallest absolute Gasteiger partial charge is 0.339 e. The highest BCUT2D eigenvalue weighted by Gasteiger charge is 2.26. The number of nitrogens with zero attached hydrogens (tertiary/aromatic N) is 1. The summed E-state index contributed by atoms with van der Waals surface area (Å²) in [6.45, 7) is 2.59. The number of rotatable bonds is 4. The van der Waals surface area contributed by atoms with Crippen LogP contribution in [-0.2, 0) is 28.9 Å². The minimum atomic E-state index is -0.515. The van der Waals surface area contributed by atoms with E-state index in [2.05, 4.69) is 17.0 Å². The fraction of sp³-hybridized carbons (Fsp3) is 0.333. The number of benzene rings is 2. The third-order valence-electron chi connectivity index (χ3n) is 4.83. The molecule has 0 saturated heterocycles. The second kappa shape index (κ2) is 8.15. The van der Waals surface area contributed by atoms with Crippen molar-refractivity contribution in [3.63, 3.8) is 0 Å². The molecule has 0 radical (unpaired) electrons. The lowest BCUT2D eigenvalue weighted by molar-refractivity contribution is 0.0554. The molecule has 136 valence electrons. The predicted molar refractivity (Wildman–Crippen MR) is 98.2 cm³/mol. The van der Waals surface area contributed by atoms with Gasteiger partial charge in [0.25, 0.3) is 0 Å². The van der Waals surface area contributed by atoms with E-state index in [9.17, 15) is 9.59 Å². The Balaban J connectivity index is 1.89. The molecule has 2 aromatic rings. The molecule has 0 aromatic heterocycles. The van der Waals surface area contributed by atoms with Gasteiger partial charge in [-0.1, -0.05) is 36.4 Å². The van der Waals surface area contributed by atoms with Crippen LogP contribution in [0.15, 0.2) is 42.5 Å². The zero-order valence-corrected chi connectivity index (χ0v) is 15.2. The van der Waals surface area contributed by atoms with E-state index in [-0.39, 0.29) is 5.56 Å². The second-order valence-corrected chi connectivity index (χ2v) is 6.37. The van der Waals surface area contributed by atoms with Gasteiger partial charge in [-0.25, -0.2) is 9.59 Å². The lowest BCUT2D eigenvalue weighted by Gasteiger charge is -2.19. The van der Waals surface area contributed by atoms with Gasteiger partial charge in [0.2, 0.25) is 0 Å². The molecule has 1 aliphatic heterocycles. The van der Waals surface area contributed by atoms with Gasteiger partial charge >= 0.3 is 11.9 Å². The molecule has 0 unspecified atom stereocenters. The summed E-state index contributed by atoms with van der Waals surface area (Å²) in [5.41, 5.74) is 3.87. The third kappa shape index (κ3) is 3.78. The van der Waals surface area contributed by atoms with Crippen LogP contribution in [0.25, 0.3) is 0 Å². The van der Waals surface area contributed by atoms with Crippen LogP contribution in [-0.4, -0.2) is 44.1 Å². The maximum absolute atomic E-state index is 12.4. The molecule has 1 heterocycles. The Morgan fingerprint density at radius 1 is 0.923 bits per heavy atom. The van der Waals surface area contributed by atoms with Gasteiger partial charge in [-0.05, 0) is 35.6 Å². The molecule has 0 N–H and O–H groups in total.